The molecule has 0 saturated carbocycles. The lowest BCUT2D eigenvalue weighted by atomic mass is 10.2. The molecule has 1 fully saturated rings. The first-order chi connectivity index (χ1) is 15.4. The second kappa shape index (κ2) is 9.77. The van der Waals surface area contributed by atoms with Gasteiger partial charge in [0, 0.05) is 36.7 Å². The van der Waals surface area contributed by atoms with Gasteiger partial charge in [-0.1, -0.05) is 17.8 Å². The Morgan fingerprint density at radius 1 is 1.16 bits per heavy atom. The van der Waals surface area contributed by atoms with Gasteiger partial charge in [0.2, 0.25) is 21.8 Å². The highest BCUT2D eigenvalue weighted by atomic mass is 32.2. The maximum Gasteiger partial charge on any atom is 0.277 e. The van der Waals surface area contributed by atoms with E-state index in [1.165, 1.54) is 10.4 Å². The number of ether oxygens (including phenoxy) is 1. The molecule has 12 heteroatoms. The molecule has 0 aliphatic carbocycles. The van der Waals surface area contributed by atoms with Crippen molar-refractivity contribution in [3.8, 4) is 11.5 Å². The first-order valence-corrected chi connectivity index (χ1v) is 12.2. The van der Waals surface area contributed by atoms with Crippen LogP contribution in [-0.4, -0.2) is 65.9 Å². The van der Waals surface area contributed by atoms with Crippen LogP contribution in [0.1, 0.15) is 5.56 Å². The van der Waals surface area contributed by atoms with Crippen LogP contribution in [0.4, 0.5) is 5.69 Å². The third-order valence-corrected chi connectivity index (χ3v) is 7.46. The lowest BCUT2D eigenvalue weighted by Crippen LogP contribution is -2.40. The quantitative estimate of drug-likeness (QED) is 0.511. The second-order valence-corrected chi connectivity index (χ2v) is 9.80. The smallest absolute Gasteiger partial charge is 0.277 e. The molecule has 1 aliphatic heterocycles. The highest BCUT2D eigenvalue weighted by molar-refractivity contribution is 7.99. The second-order valence-electron chi connectivity index (χ2n) is 6.94. The van der Waals surface area contributed by atoms with Gasteiger partial charge in [0.25, 0.3) is 5.22 Å². The van der Waals surface area contributed by atoms with Gasteiger partial charge in [-0.3, -0.25) is 9.78 Å². The van der Waals surface area contributed by atoms with Crippen molar-refractivity contribution in [1.29, 1.82) is 0 Å². The summed E-state index contributed by atoms with van der Waals surface area (Å²) in [4.78, 5) is 16.5. The van der Waals surface area contributed by atoms with Crippen molar-refractivity contribution in [2.24, 2.45) is 0 Å². The number of carbonyl (C=O) groups is 1. The normalized spacial score (nSPS) is 14.9. The molecular formula is C20H21N5O5S2. The summed E-state index contributed by atoms with van der Waals surface area (Å²) in [6.45, 7) is 3.14. The van der Waals surface area contributed by atoms with Crippen LogP contribution in [0.15, 0.2) is 57.3 Å². The molecule has 2 aromatic heterocycles. The standard InChI is InChI=1S/C20H21N5O5S2/c1-14-2-3-16(32(27,28)25-8-10-29-11-9-25)12-17(14)22-18(26)13-31-20-24-23-19(30-20)15-4-6-21-7-5-15/h2-7,12H,8-11,13H2,1H3,(H,22,26). The van der Waals surface area contributed by atoms with Crippen molar-refractivity contribution in [2.45, 2.75) is 17.0 Å². The molecule has 1 saturated heterocycles. The van der Waals surface area contributed by atoms with Crippen molar-refractivity contribution in [2.75, 3.05) is 37.4 Å². The summed E-state index contributed by atoms with van der Waals surface area (Å²) in [6.07, 6.45) is 3.24. The molecular weight excluding hydrogens is 454 g/mol. The number of amides is 1. The molecule has 1 N–H and O–H groups in total. The third kappa shape index (κ3) is 5.15. The number of hydrogen-bond donors (Lipinski definition) is 1. The average Bonchev–Trinajstić information content (AvgIpc) is 3.29. The molecule has 0 spiro atoms. The van der Waals surface area contributed by atoms with E-state index in [0.29, 0.717) is 37.9 Å². The monoisotopic (exact) mass is 475 g/mol. The number of nitrogens with zero attached hydrogens (tertiary/aromatic N) is 4. The number of aryl methyl sites for hydroxylation is 1. The zero-order chi connectivity index (χ0) is 22.6. The highest BCUT2D eigenvalue weighted by Crippen LogP contribution is 2.25. The highest BCUT2D eigenvalue weighted by Gasteiger charge is 2.27. The molecule has 168 valence electrons. The first-order valence-electron chi connectivity index (χ1n) is 9.78. The van der Waals surface area contributed by atoms with Crippen LogP contribution in [-0.2, 0) is 19.6 Å². The molecule has 32 heavy (non-hydrogen) atoms. The Hall–Kier alpha value is -2.80. The fourth-order valence-electron chi connectivity index (χ4n) is 3.03. The molecule has 3 aromatic rings. The summed E-state index contributed by atoms with van der Waals surface area (Å²) < 4.78 is 38.0. The predicted molar refractivity (Wildman–Crippen MR) is 118 cm³/mol. The minimum absolute atomic E-state index is 0.0257. The molecule has 4 rings (SSSR count). The molecule has 10 nitrogen and oxygen atoms in total. The fraction of sp³-hybridized carbons (Fsp3) is 0.300. The van der Waals surface area contributed by atoms with Crippen molar-refractivity contribution < 1.29 is 22.4 Å². The number of thioether (sulfide) groups is 1. The molecule has 1 aromatic carbocycles. The van der Waals surface area contributed by atoms with Crippen molar-refractivity contribution in [3.63, 3.8) is 0 Å². The van der Waals surface area contributed by atoms with Gasteiger partial charge in [0.15, 0.2) is 0 Å². The molecule has 0 unspecified atom stereocenters. The van der Waals surface area contributed by atoms with Gasteiger partial charge in [-0.15, -0.1) is 10.2 Å². The third-order valence-electron chi connectivity index (χ3n) is 4.75. The number of aromatic nitrogens is 3. The van der Waals surface area contributed by atoms with Crippen LogP contribution in [0.2, 0.25) is 0 Å². The molecule has 3 heterocycles. The lowest BCUT2D eigenvalue weighted by molar-refractivity contribution is -0.113. The number of morpholine rings is 1. The Kier molecular flexibility index (Phi) is 6.84. The van der Waals surface area contributed by atoms with Crippen LogP contribution in [0.5, 0.6) is 0 Å². The predicted octanol–water partition coefficient (Wildman–Crippen LogP) is 2.19. The summed E-state index contributed by atoms with van der Waals surface area (Å²) in [5.41, 5.74) is 1.92. The number of benzene rings is 1. The van der Waals surface area contributed by atoms with E-state index in [9.17, 15) is 13.2 Å². The van der Waals surface area contributed by atoms with E-state index < -0.39 is 10.0 Å². The van der Waals surface area contributed by atoms with Crippen LogP contribution >= 0.6 is 11.8 Å². The van der Waals surface area contributed by atoms with Gasteiger partial charge in [-0.2, -0.15) is 4.31 Å². The summed E-state index contributed by atoms with van der Waals surface area (Å²) in [7, 11) is -3.66. The number of pyridine rings is 1. The van der Waals surface area contributed by atoms with Crippen LogP contribution < -0.4 is 5.32 Å². The largest absolute Gasteiger partial charge is 0.411 e. The number of hydrogen-bond acceptors (Lipinski definition) is 9. The maximum atomic E-state index is 12.9. The Morgan fingerprint density at radius 2 is 1.91 bits per heavy atom. The number of sulfonamides is 1. The minimum Gasteiger partial charge on any atom is -0.411 e. The van der Waals surface area contributed by atoms with Gasteiger partial charge in [0.05, 0.1) is 23.9 Å². The lowest BCUT2D eigenvalue weighted by Gasteiger charge is -2.26. The van der Waals surface area contributed by atoms with Crippen LogP contribution in [0.25, 0.3) is 11.5 Å². The summed E-state index contributed by atoms with van der Waals surface area (Å²) in [5.74, 6) is 0.0487. The Labute approximate surface area is 189 Å². The van der Waals surface area contributed by atoms with Crippen LogP contribution in [0, 0.1) is 6.92 Å². The van der Waals surface area contributed by atoms with Gasteiger partial charge >= 0.3 is 0 Å². The van der Waals surface area contributed by atoms with Crippen molar-refractivity contribution in [3.05, 3.63) is 48.3 Å². The summed E-state index contributed by atoms with van der Waals surface area (Å²) in [5, 5.41) is 10.9. The zero-order valence-electron chi connectivity index (χ0n) is 17.2. The molecule has 1 amide bonds. The number of nitrogens with one attached hydrogen (secondary N) is 1. The molecule has 1 aliphatic rings. The number of anilines is 1. The first kappa shape index (κ1) is 22.4. The Morgan fingerprint density at radius 3 is 2.66 bits per heavy atom. The van der Waals surface area contributed by atoms with Crippen molar-refractivity contribution in [1.82, 2.24) is 19.5 Å². The number of carbonyl (C=O) groups excluding carboxylic acids is 1. The minimum atomic E-state index is -3.66. The van der Waals surface area contributed by atoms with Crippen molar-refractivity contribution >= 4 is 33.4 Å². The van der Waals surface area contributed by atoms with Gasteiger partial charge in [-0.25, -0.2) is 8.42 Å². The Bertz CT molecular complexity index is 1190. The molecule has 0 atom stereocenters. The topological polar surface area (TPSA) is 128 Å². The van der Waals surface area contributed by atoms with Gasteiger partial charge < -0.3 is 14.5 Å². The van der Waals surface area contributed by atoms with E-state index in [4.69, 9.17) is 9.15 Å². The van der Waals surface area contributed by atoms with Crippen LogP contribution in [0.3, 0.4) is 0 Å². The van der Waals surface area contributed by atoms with E-state index in [0.717, 1.165) is 22.9 Å². The molecule has 0 bridgehead atoms. The summed E-state index contributed by atoms with van der Waals surface area (Å²) >= 11 is 1.09. The van der Waals surface area contributed by atoms with E-state index in [1.807, 2.05) is 0 Å². The maximum absolute atomic E-state index is 12.9. The van der Waals surface area contributed by atoms with Gasteiger partial charge in [0.1, 0.15) is 0 Å². The average molecular weight is 476 g/mol. The summed E-state index contributed by atoms with van der Waals surface area (Å²) in [6, 6.07) is 8.19. The zero-order valence-corrected chi connectivity index (χ0v) is 18.9. The van der Waals surface area contributed by atoms with E-state index >= 15 is 0 Å². The van der Waals surface area contributed by atoms with E-state index in [-0.39, 0.29) is 21.8 Å². The molecule has 0 radical (unpaired) electrons. The van der Waals surface area contributed by atoms with E-state index in [2.05, 4.69) is 20.5 Å². The fourth-order valence-corrected chi connectivity index (χ4v) is 5.02. The Balaban J connectivity index is 1.40. The van der Waals surface area contributed by atoms with E-state index in [1.54, 1.807) is 43.6 Å². The SMILES string of the molecule is Cc1ccc(S(=O)(=O)N2CCOCC2)cc1NC(=O)CSc1nnc(-c2ccncc2)o1. The van der Waals surface area contributed by atoms with Gasteiger partial charge in [-0.05, 0) is 36.8 Å². The number of rotatable bonds is 7.